The molecule has 29 heavy (non-hydrogen) atoms. The van der Waals surface area contributed by atoms with Crippen molar-refractivity contribution in [3.05, 3.63) is 72.1 Å². The number of hydrogen-bond acceptors (Lipinski definition) is 6. The van der Waals surface area contributed by atoms with Crippen LogP contribution >= 0.6 is 0 Å². The summed E-state index contributed by atoms with van der Waals surface area (Å²) in [5.41, 5.74) is 2.84. The molecule has 3 aromatic rings. The highest BCUT2D eigenvalue weighted by molar-refractivity contribution is 6.02. The lowest BCUT2D eigenvalue weighted by atomic mass is 10.2. The van der Waals surface area contributed by atoms with Gasteiger partial charge >= 0.3 is 0 Å². The highest BCUT2D eigenvalue weighted by atomic mass is 16.5. The van der Waals surface area contributed by atoms with E-state index in [9.17, 15) is 4.79 Å². The van der Waals surface area contributed by atoms with Crippen LogP contribution in [0.4, 0.5) is 11.4 Å². The number of benzene rings is 2. The number of nitrogens with zero attached hydrogens (tertiary/aromatic N) is 1. The Morgan fingerprint density at radius 2 is 1.59 bits per heavy atom. The van der Waals surface area contributed by atoms with Gasteiger partial charge in [-0.05, 0) is 54.1 Å². The van der Waals surface area contributed by atoms with Gasteiger partial charge in [-0.15, -0.1) is 0 Å². The second kappa shape index (κ2) is 9.45. The molecule has 0 bridgehead atoms. The number of pyridine rings is 1. The third-order valence-corrected chi connectivity index (χ3v) is 4.29. The number of carbonyl (C=O) groups is 1. The number of ether oxygens (including phenoxy) is 3. The first-order chi connectivity index (χ1) is 14.1. The summed E-state index contributed by atoms with van der Waals surface area (Å²) >= 11 is 0. The molecule has 0 saturated heterocycles. The Hall–Kier alpha value is -3.74. The molecule has 0 aliphatic rings. The Labute approximate surface area is 169 Å². The smallest absolute Gasteiger partial charge is 0.274 e. The molecule has 0 saturated carbocycles. The summed E-state index contributed by atoms with van der Waals surface area (Å²) in [4.78, 5) is 16.6. The van der Waals surface area contributed by atoms with Gasteiger partial charge in [-0.3, -0.25) is 4.79 Å². The van der Waals surface area contributed by atoms with E-state index in [0.29, 0.717) is 29.4 Å². The summed E-state index contributed by atoms with van der Waals surface area (Å²) in [5, 5.41) is 6.08. The lowest BCUT2D eigenvalue weighted by molar-refractivity contribution is 0.102. The number of carbonyl (C=O) groups excluding carboxylic acids is 1. The van der Waals surface area contributed by atoms with Gasteiger partial charge in [0.2, 0.25) is 0 Å². The van der Waals surface area contributed by atoms with Gasteiger partial charge in [0.05, 0.1) is 33.2 Å². The number of amides is 1. The number of methoxy groups -OCH3 is 3. The Balaban J connectivity index is 1.58. The van der Waals surface area contributed by atoms with Crippen LogP contribution in [-0.2, 0) is 6.54 Å². The van der Waals surface area contributed by atoms with Crippen molar-refractivity contribution in [2.45, 2.75) is 6.54 Å². The SMILES string of the molecule is COc1ccc(NC(=O)c2ccc(NCc3ccc(OC)c(OC)c3)cn2)cc1. The van der Waals surface area contributed by atoms with E-state index in [-0.39, 0.29) is 5.91 Å². The summed E-state index contributed by atoms with van der Waals surface area (Å²) in [6.45, 7) is 0.583. The summed E-state index contributed by atoms with van der Waals surface area (Å²) in [6.07, 6.45) is 1.63. The molecular weight excluding hydrogens is 370 g/mol. The van der Waals surface area contributed by atoms with E-state index >= 15 is 0 Å². The molecule has 0 aliphatic carbocycles. The largest absolute Gasteiger partial charge is 0.497 e. The van der Waals surface area contributed by atoms with Crippen LogP contribution in [-0.4, -0.2) is 32.2 Å². The first-order valence-electron chi connectivity index (χ1n) is 8.99. The Morgan fingerprint density at radius 3 is 2.21 bits per heavy atom. The molecule has 0 unspecified atom stereocenters. The van der Waals surface area contributed by atoms with E-state index in [1.54, 1.807) is 57.9 Å². The normalized spacial score (nSPS) is 10.2. The van der Waals surface area contributed by atoms with Crippen LogP contribution in [0, 0.1) is 0 Å². The average molecular weight is 393 g/mol. The minimum Gasteiger partial charge on any atom is -0.497 e. The van der Waals surface area contributed by atoms with Gasteiger partial charge in [-0.1, -0.05) is 6.07 Å². The zero-order valence-electron chi connectivity index (χ0n) is 16.6. The molecule has 150 valence electrons. The molecule has 2 aromatic carbocycles. The van der Waals surface area contributed by atoms with E-state index in [1.807, 2.05) is 24.3 Å². The second-order valence-electron chi connectivity index (χ2n) is 6.16. The van der Waals surface area contributed by atoms with Gasteiger partial charge in [-0.2, -0.15) is 0 Å². The molecule has 1 heterocycles. The van der Waals surface area contributed by atoms with Gasteiger partial charge in [0.1, 0.15) is 11.4 Å². The van der Waals surface area contributed by atoms with Crippen LogP contribution in [0.5, 0.6) is 17.2 Å². The zero-order chi connectivity index (χ0) is 20.6. The summed E-state index contributed by atoms with van der Waals surface area (Å²) < 4.78 is 15.7. The lowest BCUT2D eigenvalue weighted by Crippen LogP contribution is -2.13. The molecule has 2 N–H and O–H groups in total. The fourth-order valence-electron chi connectivity index (χ4n) is 2.70. The average Bonchev–Trinajstić information content (AvgIpc) is 2.78. The zero-order valence-corrected chi connectivity index (χ0v) is 16.6. The topological polar surface area (TPSA) is 81.7 Å². The monoisotopic (exact) mass is 393 g/mol. The molecule has 3 rings (SSSR count). The molecule has 0 fully saturated rings. The minimum atomic E-state index is -0.276. The maximum absolute atomic E-state index is 12.3. The number of hydrogen-bond donors (Lipinski definition) is 2. The summed E-state index contributed by atoms with van der Waals surface area (Å²) in [7, 11) is 4.81. The Morgan fingerprint density at radius 1 is 0.862 bits per heavy atom. The minimum absolute atomic E-state index is 0.276. The van der Waals surface area contributed by atoms with Crippen molar-refractivity contribution in [3.8, 4) is 17.2 Å². The van der Waals surface area contributed by atoms with E-state index in [1.165, 1.54) is 0 Å². The van der Waals surface area contributed by atoms with Crippen molar-refractivity contribution < 1.29 is 19.0 Å². The predicted molar refractivity (Wildman–Crippen MR) is 112 cm³/mol. The standard InChI is InChI=1S/C22H23N3O4/c1-27-18-8-5-16(6-9-18)25-22(26)19-10-7-17(14-24-19)23-13-15-4-11-20(28-2)21(12-15)29-3/h4-12,14,23H,13H2,1-3H3,(H,25,26). The number of aromatic nitrogens is 1. The maximum Gasteiger partial charge on any atom is 0.274 e. The Bertz CT molecular complexity index is 957. The number of rotatable bonds is 8. The molecule has 0 aliphatic heterocycles. The van der Waals surface area contributed by atoms with Crippen molar-refractivity contribution in [2.24, 2.45) is 0 Å². The second-order valence-corrected chi connectivity index (χ2v) is 6.16. The van der Waals surface area contributed by atoms with Gasteiger partial charge in [0, 0.05) is 12.2 Å². The molecule has 0 radical (unpaired) electrons. The first kappa shape index (κ1) is 20.0. The van der Waals surface area contributed by atoms with Gasteiger partial charge < -0.3 is 24.8 Å². The molecule has 7 nitrogen and oxygen atoms in total. The maximum atomic E-state index is 12.3. The third-order valence-electron chi connectivity index (χ3n) is 4.29. The van der Waals surface area contributed by atoms with E-state index in [4.69, 9.17) is 14.2 Å². The fourth-order valence-corrected chi connectivity index (χ4v) is 2.70. The quantitative estimate of drug-likeness (QED) is 0.603. The van der Waals surface area contributed by atoms with Crippen LogP contribution in [0.25, 0.3) is 0 Å². The van der Waals surface area contributed by atoms with E-state index < -0.39 is 0 Å². The van der Waals surface area contributed by atoms with E-state index in [0.717, 1.165) is 17.0 Å². The predicted octanol–water partition coefficient (Wildman–Crippen LogP) is 3.97. The highest BCUT2D eigenvalue weighted by Gasteiger charge is 2.08. The molecule has 0 spiro atoms. The lowest BCUT2D eigenvalue weighted by Gasteiger charge is -2.11. The van der Waals surface area contributed by atoms with Crippen LogP contribution < -0.4 is 24.8 Å². The van der Waals surface area contributed by atoms with Gasteiger partial charge in [0.25, 0.3) is 5.91 Å². The van der Waals surface area contributed by atoms with Crippen molar-refractivity contribution >= 4 is 17.3 Å². The summed E-state index contributed by atoms with van der Waals surface area (Å²) in [5.74, 6) is 1.81. The highest BCUT2D eigenvalue weighted by Crippen LogP contribution is 2.27. The third kappa shape index (κ3) is 5.16. The fraction of sp³-hybridized carbons (Fsp3) is 0.182. The number of nitrogens with one attached hydrogen (secondary N) is 2. The molecule has 7 heteroatoms. The van der Waals surface area contributed by atoms with Crippen molar-refractivity contribution in [3.63, 3.8) is 0 Å². The van der Waals surface area contributed by atoms with Crippen LogP contribution in [0.15, 0.2) is 60.8 Å². The van der Waals surface area contributed by atoms with E-state index in [2.05, 4.69) is 15.6 Å². The van der Waals surface area contributed by atoms with Gasteiger partial charge in [0.15, 0.2) is 11.5 Å². The molecular formula is C22H23N3O4. The van der Waals surface area contributed by atoms with Crippen LogP contribution in [0.3, 0.4) is 0 Å². The van der Waals surface area contributed by atoms with Crippen LogP contribution in [0.2, 0.25) is 0 Å². The Kier molecular flexibility index (Phi) is 6.52. The first-order valence-corrected chi connectivity index (χ1v) is 8.99. The molecule has 0 atom stereocenters. The number of anilines is 2. The summed E-state index contributed by atoms with van der Waals surface area (Å²) in [6, 6.07) is 16.3. The molecule has 1 aromatic heterocycles. The van der Waals surface area contributed by atoms with Crippen LogP contribution in [0.1, 0.15) is 16.1 Å². The van der Waals surface area contributed by atoms with Gasteiger partial charge in [-0.25, -0.2) is 4.98 Å². The molecule has 1 amide bonds. The van der Waals surface area contributed by atoms with Crippen molar-refractivity contribution in [1.29, 1.82) is 0 Å². The van der Waals surface area contributed by atoms with Crippen molar-refractivity contribution in [1.82, 2.24) is 4.98 Å². The van der Waals surface area contributed by atoms with Crippen molar-refractivity contribution in [2.75, 3.05) is 32.0 Å².